The minimum absolute atomic E-state index is 0.257. The van der Waals surface area contributed by atoms with Crippen molar-refractivity contribution in [1.82, 2.24) is 0 Å². The summed E-state index contributed by atoms with van der Waals surface area (Å²) in [6, 6.07) is 15.3. The van der Waals surface area contributed by atoms with Crippen LogP contribution < -0.4 is 9.47 Å². The minimum atomic E-state index is 0.257. The Labute approximate surface area is 215 Å². The molecule has 3 fully saturated rings. The first-order chi connectivity index (χ1) is 17.8. The number of ether oxygens (including phenoxy) is 4. The Morgan fingerprint density at radius 2 is 1.47 bits per heavy atom. The first kappa shape index (κ1) is 23.8. The fourth-order valence-corrected chi connectivity index (χ4v) is 5.60. The van der Waals surface area contributed by atoms with Crippen LogP contribution >= 0.6 is 0 Å². The summed E-state index contributed by atoms with van der Waals surface area (Å²) in [5.41, 5.74) is 5.23. The number of rotatable bonds is 9. The van der Waals surface area contributed by atoms with E-state index in [1.54, 1.807) is 0 Å². The van der Waals surface area contributed by atoms with Gasteiger partial charge < -0.3 is 18.9 Å². The molecule has 0 bridgehead atoms. The lowest BCUT2D eigenvalue weighted by molar-refractivity contribution is 0.258. The van der Waals surface area contributed by atoms with Crippen LogP contribution in [0, 0.1) is 0 Å². The molecule has 0 N–H and O–H groups in total. The average molecular weight is 487 g/mol. The van der Waals surface area contributed by atoms with Gasteiger partial charge in [0.05, 0.1) is 13.2 Å². The Morgan fingerprint density at radius 3 is 2.14 bits per heavy atom. The molecule has 0 aromatic heterocycles. The van der Waals surface area contributed by atoms with E-state index in [0.717, 1.165) is 31.1 Å². The highest BCUT2D eigenvalue weighted by atomic mass is 16.6. The van der Waals surface area contributed by atoms with Crippen LogP contribution in [0.15, 0.2) is 60.7 Å². The molecular weight excluding hydrogens is 448 g/mol. The van der Waals surface area contributed by atoms with Gasteiger partial charge in [-0.05, 0) is 54.0 Å². The van der Waals surface area contributed by atoms with Gasteiger partial charge in [-0.2, -0.15) is 0 Å². The van der Waals surface area contributed by atoms with Gasteiger partial charge in [-0.1, -0.05) is 80.7 Å². The van der Waals surface area contributed by atoms with Crippen molar-refractivity contribution in [3.05, 3.63) is 77.4 Å². The number of hydrogen-bond donors (Lipinski definition) is 0. The van der Waals surface area contributed by atoms with E-state index < -0.39 is 0 Å². The molecule has 36 heavy (non-hydrogen) atoms. The van der Waals surface area contributed by atoms with Crippen LogP contribution in [0.1, 0.15) is 79.9 Å². The molecule has 0 spiro atoms. The van der Waals surface area contributed by atoms with Gasteiger partial charge in [0.25, 0.3) is 0 Å². The van der Waals surface area contributed by atoms with Gasteiger partial charge in [-0.15, -0.1) is 0 Å². The first-order valence-corrected chi connectivity index (χ1v) is 13.9. The lowest BCUT2D eigenvalue weighted by Crippen LogP contribution is -2.11. The van der Waals surface area contributed by atoms with Crippen molar-refractivity contribution in [2.45, 2.75) is 75.4 Å². The maximum absolute atomic E-state index is 6.52. The Hall–Kier alpha value is -2.56. The van der Waals surface area contributed by atoms with E-state index >= 15 is 0 Å². The predicted molar refractivity (Wildman–Crippen MR) is 143 cm³/mol. The number of benzene rings is 2. The average Bonchev–Trinajstić information content (AvgIpc) is 3.82. The summed E-state index contributed by atoms with van der Waals surface area (Å²) in [5, 5.41) is 0. The van der Waals surface area contributed by atoms with Crippen LogP contribution in [0.25, 0.3) is 5.57 Å². The van der Waals surface area contributed by atoms with Gasteiger partial charge in [0.1, 0.15) is 36.9 Å². The molecule has 2 aromatic carbocycles. The second-order valence-corrected chi connectivity index (χ2v) is 10.7. The fourth-order valence-electron chi connectivity index (χ4n) is 5.60. The van der Waals surface area contributed by atoms with Gasteiger partial charge in [0.15, 0.2) is 0 Å². The summed E-state index contributed by atoms with van der Waals surface area (Å²) >= 11 is 0. The van der Waals surface area contributed by atoms with Gasteiger partial charge in [-0.3, -0.25) is 0 Å². The van der Waals surface area contributed by atoms with Crippen LogP contribution in [0.2, 0.25) is 0 Å². The van der Waals surface area contributed by atoms with Crippen molar-refractivity contribution in [2.75, 3.05) is 26.4 Å². The molecule has 190 valence electrons. The highest BCUT2D eigenvalue weighted by molar-refractivity contribution is 5.80. The largest absolute Gasteiger partial charge is 0.491 e. The highest BCUT2D eigenvalue weighted by Gasteiger charge is 2.27. The molecule has 4 nitrogen and oxygen atoms in total. The van der Waals surface area contributed by atoms with E-state index in [2.05, 4.69) is 60.7 Å². The smallest absolute Gasteiger partial charge is 0.130 e. The molecular formula is C32H38O4. The van der Waals surface area contributed by atoms with Gasteiger partial charge >= 0.3 is 0 Å². The molecule has 1 saturated carbocycles. The van der Waals surface area contributed by atoms with Crippen LogP contribution in [-0.4, -0.2) is 38.6 Å². The number of para-hydroxylation sites is 1. The van der Waals surface area contributed by atoms with Crippen molar-refractivity contribution in [3.63, 3.8) is 0 Å². The van der Waals surface area contributed by atoms with E-state index in [1.807, 2.05) is 0 Å². The second-order valence-electron chi connectivity index (χ2n) is 10.7. The van der Waals surface area contributed by atoms with Crippen LogP contribution in [0.4, 0.5) is 0 Å². The zero-order valence-electron chi connectivity index (χ0n) is 21.2. The Kier molecular flexibility index (Phi) is 7.43. The molecule has 4 heteroatoms. The normalized spacial score (nSPS) is 26.0. The third kappa shape index (κ3) is 6.04. The fraction of sp³-hybridized carbons (Fsp3) is 0.500. The highest BCUT2D eigenvalue weighted by Crippen LogP contribution is 2.42. The van der Waals surface area contributed by atoms with Crippen LogP contribution in [-0.2, 0) is 9.47 Å². The quantitative estimate of drug-likeness (QED) is 0.352. The van der Waals surface area contributed by atoms with E-state index in [9.17, 15) is 0 Å². The molecule has 2 heterocycles. The van der Waals surface area contributed by atoms with Crippen LogP contribution in [0.3, 0.4) is 0 Å². The van der Waals surface area contributed by atoms with Gasteiger partial charge in [-0.25, -0.2) is 0 Å². The van der Waals surface area contributed by atoms with Gasteiger partial charge in [0, 0.05) is 11.5 Å². The second kappa shape index (κ2) is 11.2. The molecule has 0 radical (unpaired) electrons. The summed E-state index contributed by atoms with van der Waals surface area (Å²) in [7, 11) is 0. The molecule has 2 aromatic rings. The summed E-state index contributed by atoms with van der Waals surface area (Å²) in [6.07, 6.45) is 17.8. The summed E-state index contributed by atoms with van der Waals surface area (Å²) in [6.45, 7) is 2.94. The Bertz CT molecular complexity index is 1070. The summed E-state index contributed by atoms with van der Waals surface area (Å²) in [5.74, 6) is 2.98. The van der Waals surface area contributed by atoms with Gasteiger partial charge in [0.2, 0.25) is 0 Å². The number of hydrogen-bond acceptors (Lipinski definition) is 4. The predicted octanol–water partition coefficient (Wildman–Crippen LogP) is 7.20. The zero-order chi connectivity index (χ0) is 24.2. The maximum Gasteiger partial charge on any atom is 0.130 e. The molecule has 3 atom stereocenters. The third-order valence-corrected chi connectivity index (χ3v) is 7.96. The lowest BCUT2D eigenvalue weighted by Gasteiger charge is -2.25. The van der Waals surface area contributed by atoms with Crippen molar-refractivity contribution < 1.29 is 18.9 Å². The molecule has 4 aliphatic rings. The minimum Gasteiger partial charge on any atom is -0.491 e. The maximum atomic E-state index is 6.52. The number of allylic oxidation sites excluding steroid dienone is 4. The number of epoxide rings is 2. The summed E-state index contributed by atoms with van der Waals surface area (Å²) < 4.78 is 23.0. The van der Waals surface area contributed by atoms with Crippen molar-refractivity contribution in [3.8, 4) is 11.5 Å². The van der Waals surface area contributed by atoms with E-state index in [0.29, 0.717) is 25.0 Å². The SMILES string of the molecule is C1=CC(c2ccc(OCC3CO3)cc2)CC=C1c1cccc(C2CCCCCCC2)c1OCC1CO1. The zero-order valence-corrected chi connectivity index (χ0v) is 21.2. The van der Waals surface area contributed by atoms with Crippen LogP contribution in [0.5, 0.6) is 11.5 Å². The molecule has 2 aliphatic heterocycles. The Balaban J connectivity index is 1.18. The van der Waals surface area contributed by atoms with E-state index in [-0.39, 0.29) is 12.2 Å². The van der Waals surface area contributed by atoms with Crippen molar-refractivity contribution in [2.24, 2.45) is 0 Å². The standard InChI is InChI=1S/C32H38O4/c1-2-4-7-25(8-5-3-1)30-9-6-10-31(32(30)36-22-29-21-35-29)26-13-11-23(12-14-26)24-15-17-27(18-16-24)33-19-28-20-34-28/h6,9-11,13-18,23,25,28-29H,1-5,7-8,12,19-22H2. The van der Waals surface area contributed by atoms with Crippen molar-refractivity contribution in [1.29, 1.82) is 0 Å². The summed E-state index contributed by atoms with van der Waals surface area (Å²) in [4.78, 5) is 0. The van der Waals surface area contributed by atoms with E-state index in [1.165, 1.54) is 67.2 Å². The Morgan fingerprint density at radius 1 is 0.778 bits per heavy atom. The molecule has 2 aliphatic carbocycles. The lowest BCUT2D eigenvalue weighted by atomic mass is 9.83. The first-order valence-electron chi connectivity index (χ1n) is 13.9. The molecule has 6 rings (SSSR count). The topological polar surface area (TPSA) is 43.5 Å². The van der Waals surface area contributed by atoms with Crippen molar-refractivity contribution >= 4 is 5.57 Å². The molecule has 3 unspecified atom stereocenters. The third-order valence-electron chi connectivity index (χ3n) is 7.96. The van der Waals surface area contributed by atoms with E-state index in [4.69, 9.17) is 18.9 Å². The molecule has 2 saturated heterocycles. The monoisotopic (exact) mass is 486 g/mol. The molecule has 0 amide bonds.